The summed E-state index contributed by atoms with van der Waals surface area (Å²) in [5, 5.41) is 0. The molecule has 0 spiro atoms. The average molecular weight is 316 g/mol. The SMILES string of the molecule is COC(=O)c1nc(N)nc(C(=O)OC)c1C(=O)c1ccccn1. The number of nitrogen functional groups attached to an aromatic ring is 1. The number of hydrogen-bond donors (Lipinski definition) is 1. The van der Waals surface area contributed by atoms with E-state index in [0.717, 1.165) is 14.2 Å². The van der Waals surface area contributed by atoms with Crippen molar-refractivity contribution in [3.8, 4) is 0 Å². The fourth-order valence-corrected chi connectivity index (χ4v) is 1.81. The Balaban J connectivity index is 2.74. The molecule has 2 aromatic rings. The first-order valence-electron chi connectivity index (χ1n) is 6.29. The molecule has 0 aliphatic rings. The molecule has 0 aromatic carbocycles. The summed E-state index contributed by atoms with van der Waals surface area (Å²) in [5.74, 6) is -2.98. The van der Waals surface area contributed by atoms with Crippen molar-refractivity contribution in [3.63, 3.8) is 0 Å². The third-order valence-corrected chi connectivity index (χ3v) is 2.81. The van der Waals surface area contributed by atoms with E-state index in [9.17, 15) is 14.4 Å². The van der Waals surface area contributed by atoms with E-state index in [1.165, 1.54) is 12.3 Å². The molecule has 0 amide bonds. The maximum Gasteiger partial charge on any atom is 0.357 e. The number of hydrogen-bond acceptors (Lipinski definition) is 9. The molecule has 23 heavy (non-hydrogen) atoms. The Morgan fingerprint density at radius 3 is 2.00 bits per heavy atom. The molecule has 2 heterocycles. The van der Waals surface area contributed by atoms with E-state index in [1.807, 2.05) is 0 Å². The molecule has 9 heteroatoms. The number of ether oxygens (including phenoxy) is 2. The molecule has 2 aromatic heterocycles. The highest BCUT2D eigenvalue weighted by molar-refractivity contribution is 6.17. The lowest BCUT2D eigenvalue weighted by molar-refractivity contribution is 0.0583. The van der Waals surface area contributed by atoms with Crippen molar-refractivity contribution >= 4 is 23.7 Å². The summed E-state index contributed by atoms with van der Waals surface area (Å²) in [4.78, 5) is 47.7. The van der Waals surface area contributed by atoms with Gasteiger partial charge in [0.05, 0.1) is 19.8 Å². The third kappa shape index (κ3) is 3.12. The molecule has 0 saturated heterocycles. The molecule has 0 fully saturated rings. The number of carbonyl (C=O) groups is 3. The Labute approximate surface area is 130 Å². The summed E-state index contributed by atoms with van der Waals surface area (Å²) >= 11 is 0. The summed E-state index contributed by atoms with van der Waals surface area (Å²) < 4.78 is 9.15. The predicted octanol–water partition coefficient (Wildman–Crippen LogP) is 0.258. The number of anilines is 1. The Morgan fingerprint density at radius 2 is 1.57 bits per heavy atom. The average Bonchev–Trinajstić information content (AvgIpc) is 2.59. The minimum Gasteiger partial charge on any atom is -0.464 e. The van der Waals surface area contributed by atoms with E-state index < -0.39 is 29.1 Å². The lowest BCUT2D eigenvalue weighted by Crippen LogP contribution is -2.22. The van der Waals surface area contributed by atoms with Crippen molar-refractivity contribution < 1.29 is 23.9 Å². The zero-order valence-corrected chi connectivity index (χ0v) is 12.3. The van der Waals surface area contributed by atoms with Gasteiger partial charge in [0.15, 0.2) is 11.4 Å². The summed E-state index contributed by atoms with van der Waals surface area (Å²) in [6, 6.07) is 4.60. The van der Waals surface area contributed by atoms with Gasteiger partial charge in [0.1, 0.15) is 5.69 Å². The molecule has 118 valence electrons. The Hall–Kier alpha value is -3.36. The van der Waals surface area contributed by atoms with Gasteiger partial charge in [0.25, 0.3) is 0 Å². The molecule has 2 N–H and O–H groups in total. The number of carbonyl (C=O) groups excluding carboxylic acids is 3. The number of methoxy groups -OCH3 is 2. The second kappa shape index (κ2) is 6.60. The predicted molar refractivity (Wildman–Crippen MR) is 76.8 cm³/mol. The van der Waals surface area contributed by atoms with E-state index >= 15 is 0 Å². The second-order valence-corrected chi connectivity index (χ2v) is 4.18. The van der Waals surface area contributed by atoms with Gasteiger partial charge in [-0.05, 0) is 12.1 Å². The third-order valence-electron chi connectivity index (χ3n) is 2.81. The first kappa shape index (κ1) is 16.0. The van der Waals surface area contributed by atoms with E-state index in [-0.39, 0.29) is 17.2 Å². The summed E-state index contributed by atoms with van der Waals surface area (Å²) in [7, 11) is 2.21. The van der Waals surface area contributed by atoms with Crippen molar-refractivity contribution in [1.29, 1.82) is 0 Å². The molecule has 0 aliphatic heterocycles. The molecular weight excluding hydrogens is 304 g/mol. The second-order valence-electron chi connectivity index (χ2n) is 4.18. The van der Waals surface area contributed by atoms with Crippen LogP contribution in [0.25, 0.3) is 0 Å². The topological polar surface area (TPSA) is 134 Å². The minimum atomic E-state index is -0.941. The van der Waals surface area contributed by atoms with Gasteiger partial charge in [-0.2, -0.15) is 0 Å². The highest BCUT2D eigenvalue weighted by atomic mass is 16.5. The highest BCUT2D eigenvalue weighted by Gasteiger charge is 2.30. The molecular formula is C14H12N4O5. The zero-order chi connectivity index (χ0) is 17.0. The van der Waals surface area contributed by atoms with Crippen LogP contribution in [0, 0.1) is 0 Å². The fourth-order valence-electron chi connectivity index (χ4n) is 1.81. The van der Waals surface area contributed by atoms with E-state index in [2.05, 4.69) is 24.4 Å². The molecule has 0 bridgehead atoms. The van der Waals surface area contributed by atoms with Gasteiger partial charge in [-0.25, -0.2) is 19.6 Å². The van der Waals surface area contributed by atoms with Crippen LogP contribution in [-0.4, -0.2) is 46.9 Å². The van der Waals surface area contributed by atoms with Gasteiger partial charge in [0, 0.05) is 6.20 Å². The number of aromatic nitrogens is 3. The Kier molecular flexibility index (Phi) is 4.60. The van der Waals surface area contributed by atoms with E-state index in [1.54, 1.807) is 12.1 Å². The van der Waals surface area contributed by atoms with Crippen LogP contribution in [0.15, 0.2) is 24.4 Å². The van der Waals surface area contributed by atoms with E-state index in [0.29, 0.717) is 0 Å². The maximum absolute atomic E-state index is 12.6. The van der Waals surface area contributed by atoms with Gasteiger partial charge in [-0.3, -0.25) is 9.78 Å². The van der Waals surface area contributed by atoms with Crippen LogP contribution in [0.3, 0.4) is 0 Å². The standard InChI is InChI=1S/C14H12N4O5/c1-22-12(20)9-8(11(19)7-5-3-4-6-16-7)10(13(21)23-2)18-14(15)17-9/h3-6H,1-2H3,(H2,15,17,18). The van der Waals surface area contributed by atoms with Crippen LogP contribution in [-0.2, 0) is 9.47 Å². The van der Waals surface area contributed by atoms with Crippen molar-refractivity contribution in [1.82, 2.24) is 15.0 Å². The number of pyridine rings is 1. The van der Waals surface area contributed by atoms with Crippen LogP contribution in [0.4, 0.5) is 5.95 Å². The molecule has 9 nitrogen and oxygen atoms in total. The lowest BCUT2D eigenvalue weighted by Gasteiger charge is -2.10. The summed E-state index contributed by atoms with van der Waals surface area (Å²) in [6.07, 6.45) is 1.39. The van der Waals surface area contributed by atoms with Crippen molar-refractivity contribution in [2.75, 3.05) is 20.0 Å². The fraction of sp³-hybridized carbons (Fsp3) is 0.143. The maximum atomic E-state index is 12.6. The zero-order valence-electron chi connectivity index (χ0n) is 12.3. The van der Waals surface area contributed by atoms with E-state index in [4.69, 9.17) is 5.73 Å². The molecule has 0 unspecified atom stereocenters. The van der Waals surface area contributed by atoms with Crippen molar-refractivity contribution in [2.24, 2.45) is 0 Å². The Morgan fingerprint density at radius 1 is 1.00 bits per heavy atom. The minimum absolute atomic E-state index is 0.00354. The normalized spacial score (nSPS) is 10.0. The first-order valence-corrected chi connectivity index (χ1v) is 6.29. The largest absolute Gasteiger partial charge is 0.464 e. The van der Waals surface area contributed by atoms with Crippen LogP contribution in [0.5, 0.6) is 0 Å². The molecule has 2 rings (SSSR count). The van der Waals surface area contributed by atoms with Gasteiger partial charge in [0.2, 0.25) is 11.7 Å². The van der Waals surface area contributed by atoms with Gasteiger partial charge >= 0.3 is 11.9 Å². The summed E-state index contributed by atoms with van der Waals surface area (Å²) in [5.41, 5.74) is 4.24. The van der Waals surface area contributed by atoms with Crippen molar-refractivity contribution in [3.05, 3.63) is 47.0 Å². The summed E-state index contributed by atoms with van der Waals surface area (Å²) in [6.45, 7) is 0. The molecule has 0 aliphatic carbocycles. The quantitative estimate of drug-likeness (QED) is 0.622. The van der Waals surface area contributed by atoms with Crippen LogP contribution < -0.4 is 5.73 Å². The van der Waals surface area contributed by atoms with Crippen LogP contribution in [0.1, 0.15) is 37.0 Å². The number of rotatable bonds is 4. The number of ketones is 1. The highest BCUT2D eigenvalue weighted by Crippen LogP contribution is 2.19. The molecule has 0 radical (unpaired) electrons. The van der Waals surface area contributed by atoms with Crippen LogP contribution >= 0.6 is 0 Å². The van der Waals surface area contributed by atoms with Crippen LogP contribution in [0.2, 0.25) is 0 Å². The van der Waals surface area contributed by atoms with Crippen molar-refractivity contribution in [2.45, 2.75) is 0 Å². The lowest BCUT2D eigenvalue weighted by atomic mass is 10.0. The van der Waals surface area contributed by atoms with Gasteiger partial charge < -0.3 is 15.2 Å². The first-order chi connectivity index (χ1) is 11.0. The number of nitrogens with zero attached hydrogens (tertiary/aromatic N) is 3. The van der Waals surface area contributed by atoms with Gasteiger partial charge in [-0.1, -0.05) is 6.07 Å². The molecule has 0 saturated carbocycles. The monoisotopic (exact) mass is 316 g/mol. The Bertz CT molecular complexity index is 739. The number of nitrogens with two attached hydrogens (primary N) is 1. The van der Waals surface area contributed by atoms with Gasteiger partial charge in [-0.15, -0.1) is 0 Å². The number of esters is 2. The smallest absolute Gasteiger partial charge is 0.357 e. The molecule has 0 atom stereocenters.